The van der Waals surface area contributed by atoms with Gasteiger partial charge in [-0.15, -0.1) is 0 Å². The van der Waals surface area contributed by atoms with E-state index >= 15 is 0 Å². The lowest BCUT2D eigenvalue weighted by molar-refractivity contribution is 0.233. The Bertz CT molecular complexity index is 335. The average Bonchev–Trinajstić information content (AvgIpc) is 2.44. The monoisotopic (exact) mass is 264 g/mol. The van der Waals surface area contributed by atoms with Gasteiger partial charge in [-0.1, -0.05) is 32.0 Å². The maximum atomic E-state index is 5.83. The van der Waals surface area contributed by atoms with Crippen LogP contribution in [0.5, 0.6) is 5.75 Å². The van der Waals surface area contributed by atoms with Crippen LogP contribution in [0, 0.1) is 0 Å². The maximum Gasteiger partial charge on any atom is 0.123 e. The predicted molar refractivity (Wildman–Crippen MR) is 81.5 cm³/mol. The van der Waals surface area contributed by atoms with Gasteiger partial charge in [0.2, 0.25) is 0 Å². The second-order valence-electron chi connectivity index (χ2n) is 4.86. The van der Waals surface area contributed by atoms with Crippen molar-refractivity contribution in [3.8, 4) is 5.75 Å². The number of para-hydroxylation sites is 1. The van der Waals surface area contributed by atoms with Crippen LogP contribution in [0.15, 0.2) is 24.3 Å². The number of hydrogen-bond donors (Lipinski definition) is 1. The second kappa shape index (κ2) is 9.82. The fourth-order valence-corrected chi connectivity index (χ4v) is 2.25. The summed E-state index contributed by atoms with van der Waals surface area (Å²) in [4.78, 5) is 2.51. The highest BCUT2D eigenvalue weighted by atomic mass is 16.5. The van der Waals surface area contributed by atoms with Crippen molar-refractivity contribution in [2.24, 2.45) is 5.73 Å². The zero-order valence-electron chi connectivity index (χ0n) is 12.4. The summed E-state index contributed by atoms with van der Waals surface area (Å²) in [7, 11) is 0. The molecule has 0 aliphatic heterocycles. The molecule has 0 bridgehead atoms. The Labute approximate surface area is 117 Å². The lowest BCUT2D eigenvalue weighted by Crippen LogP contribution is -2.27. The van der Waals surface area contributed by atoms with Crippen LogP contribution in [-0.4, -0.2) is 31.1 Å². The molecular weight excluding hydrogens is 236 g/mol. The minimum absolute atomic E-state index is 0.536. The summed E-state index contributed by atoms with van der Waals surface area (Å²) >= 11 is 0. The van der Waals surface area contributed by atoms with E-state index in [0.717, 1.165) is 30.9 Å². The van der Waals surface area contributed by atoms with E-state index in [9.17, 15) is 0 Å². The van der Waals surface area contributed by atoms with Gasteiger partial charge in [0.05, 0.1) is 6.61 Å². The van der Waals surface area contributed by atoms with Crippen molar-refractivity contribution in [3.63, 3.8) is 0 Å². The van der Waals surface area contributed by atoms with Crippen molar-refractivity contribution in [3.05, 3.63) is 29.8 Å². The standard InChI is InChI=1S/C16H28N2O/c1-3-10-18(11-4-2)12-7-13-19-16-9-6-5-8-15(16)14-17/h5-6,8-9H,3-4,7,10-14,17H2,1-2H3. The smallest absolute Gasteiger partial charge is 0.123 e. The molecule has 2 N–H and O–H groups in total. The Morgan fingerprint density at radius 1 is 1.05 bits per heavy atom. The van der Waals surface area contributed by atoms with Crippen molar-refractivity contribution in [2.75, 3.05) is 26.2 Å². The van der Waals surface area contributed by atoms with E-state index in [1.165, 1.54) is 25.9 Å². The lowest BCUT2D eigenvalue weighted by atomic mass is 10.2. The number of ether oxygens (including phenoxy) is 1. The van der Waals surface area contributed by atoms with Gasteiger partial charge >= 0.3 is 0 Å². The summed E-state index contributed by atoms with van der Waals surface area (Å²) < 4.78 is 5.83. The fourth-order valence-electron chi connectivity index (χ4n) is 2.25. The van der Waals surface area contributed by atoms with E-state index in [0.29, 0.717) is 6.54 Å². The predicted octanol–water partition coefficient (Wildman–Crippen LogP) is 3.04. The summed E-state index contributed by atoms with van der Waals surface area (Å²) in [6, 6.07) is 8.02. The van der Waals surface area contributed by atoms with Gasteiger partial charge in [-0.25, -0.2) is 0 Å². The molecule has 1 rings (SSSR count). The van der Waals surface area contributed by atoms with Crippen LogP contribution in [0.1, 0.15) is 38.7 Å². The van der Waals surface area contributed by atoms with Gasteiger partial charge in [0.1, 0.15) is 5.75 Å². The van der Waals surface area contributed by atoms with Crippen molar-refractivity contribution in [1.82, 2.24) is 4.90 Å². The minimum Gasteiger partial charge on any atom is -0.493 e. The van der Waals surface area contributed by atoms with Gasteiger partial charge < -0.3 is 15.4 Å². The molecule has 0 radical (unpaired) electrons. The summed E-state index contributed by atoms with van der Waals surface area (Å²) in [6.07, 6.45) is 3.51. The summed E-state index contributed by atoms with van der Waals surface area (Å²) in [5, 5.41) is 0. The average molecular weight is 264 g/mol. The first-order valence-electron chi connectivity index (χ1n) is 7.44. The molecule has 19 heavy (non-hydrogen) atoms. The summed E-state index contributed by atoms with van der Waals surface area (Å²) in [6.45, 7) is 9.26. The molecule has 0 aliphatic rings. The van der Waals surface area contributed by atoms with E-state index < -0.39 is 0 Å². The highest BCUT2D eigenvalue weighted by molar-refractivity contribution is 5.32. The molecule has 0 aliphatic carbocycles. The van der Waals surface area contributed by atoms with Gasteiger partial charge in [0, 0.05) is 18.7 Å². The summed E-state index contributed by atoms with van der Waals surface area (Å²) in [5.41, 5.74) is 6.78. The van der Waals surface area contributed by atoms with E-state index in [-0.39, 0.29) is 0 Å². The molecule has 1 aromatic carbocycles. The lowest BCUT2D eigenvalue weighted by Gasteiger charge is -2.21. The van der Waals surface area contributed by atoms with E-state index in [4.69, 9.17) is 10.5 Å². The Morgan fingerprint density at radius 3 is 2.37 bits per heavy atom. The van der Waals surface area contributed by atoms with Crippen LogP contribution in [-0.2, 0) is 6.54 Å². The normalized spacial score (nSPS) is 10.9. The summed E-state index contributed by atoms with van der Waals surface area (Å²) in [5.74, 6) is 0.933. The molecule has 3 heteroatoms. The largest absolute Gasteiger partial charge is 0.493 e. The molecule has 0 aromatic heterocycles. The van der Waals surface area contributed by atoms with Gasteiger partial charge in [-0.2, -0.15) is 0 Å². The SMILES string of the molecule is CCCN(CCC)CCCOc1ccccc1CN. The third-order valence-corrected chi connectivity index (χ3v) is 3.15. The molecule has 0 spiro atoms. The van der Waals surface area contributed by atoms with Gasteiger partial charge in [0.25, 0.3) is 0 Å². The molecule has 0 atom stereocenters. The third-order valence-electron chi connectivity index (χ3n) is 3.15. The van der Waals surface area contributed by atoms with Gasteiger partial charge in [-0.3, -0.25) is 0 Å². The first-order chi connectivity index (χ1) is 9.31. The number of nitrogens with two attached hydrogens (primary N) is 1. The molecule has 0 heterocycles. The second-order valence-corrected chi connectivity index (χ2v) is 4.86. The molecule has 108 valence electrons. The number of benzene rings is 1. The molecule has 0 unspecified atom stereocenters. The van der Waals surface area contributed by atoms with Crippen LogP contribution >= 0.6 is 0 Å². The maximum absolute atomic E-state index is 5.83. The zero-order chi connectivity index (χ0) is 13.9. The molecule has 0 amide bonds. The molecule has 0 saturated carbocycles. The number of hydrogen-bond acceptors (Lipinski definition) is 3. The molecular formula is C16H28N2O. The Balaban J connectivity index is 2.29. The van der Waals surface area contributed by atoms with E-state index in [1.807, 2.05) is 24.3 Å². The fraction of sp³-hybridized carbons (Fsp3) is 0.625. The molecule has 3 nitrogen and oxygen atoms in total. The quantitative estimate of drug-likeness (QED) is 0.660. The van der Waals surface area contributed by atoms with Crippen molar-refractivity contribution >= 4 is 0 Å². The van der Waals surface area contributed by atoms with Crippen LogP contribution in [0.4, 0.5) is 0 Å². The Morgan fingerprint density at radius 2 is 1.74 bits per heavy atom. The van der Waals surface area contributed by atoms with Crippen molar-refractivity contribution < 1.29 is 4.74 Å². The first kappa shape index (κ1) is 16.0. The van der Waals surface area contributed by atoms with Crippen molar-refractivity contribution in [2.45, 2.75) is 39.7 Å². The third kappa shape index (κ3) is 6.08. The zero-order valence-corrected chi connectivity index (χ0v) is 12.4. The minimum atomic E-state index is 0.536. The highest BCUT2D eigenvalue weighted by Gasteiger charge is 2.03. The van der Waals surface area contributed by atoms with E-state index in [1.54, 1.807) is 0 Å². The van der Waals surface area contributed by atoms with Crippen LogP contribution < -0.4 is 10.5 Å². The van der Waals surface area contributed by atoms with Crippen LogP contribution in [0.2, 0.25) is 0 Å². The van der Waals surface area contributed by atoms with Crippen LogP contribution in [0.3, 0.4) is 0 Å². The molecule has 1 aromatic rings. The first-order valence-corrected chi connectivity index (χ1v) is 7.44. The Kier molecular flexibility index (Phi) is 8.26. The van der Waals surface area contributed by atoms with Crippen LogP contribution in [0.25, 0.3) is 0 Å². The number of rotatable bonds is 10. The Hall–Kier alpha value is -1.06. The molecule has 0 saturated heterocycles. The van der Waals surface area contributed by atoms with Gasteiger partial charge in [-0.05, 0) is 38.4 Å². The highest BCUT2D eigenvalue weighted by Crippen LogP contribution is 2.17. The number of nitrogens with zero attached hydrogens (tertiary/aromatic N) is 1. The molecule has 0 fully saturated rings. The topological polar surface area (TPSA) is 38.5 Å². The van der Waals surface area contributed by atoms with Gasteiger partial charge in [0.15, 0.2) is 0 Å². The van der Waals surface area contributed by atoms with E-state index in [2.05, 4.69) is 18.7 Å². The van der Waals surface area contributed by atoms with Crippen molar-refractivity contribution in [1.29, 1.82) is 0 Å².